The van der Waals surface area contributed by atoms with Gasteiger partial charge < -0.3 is 20.5 Å². The average molecular weight is 292 g/mol. The van der Waals surface area contributed by atoms with Crippen molar-refractivity contribution in [3.63, 3.8) is 0 Å². The fraction of sp³-hybridized carbons (Fsp3) is 0.562. The van der Waals surface area contributed by atoms with Gasteiger partial charge >= 0.3 is 0 Å². The number of hydrogen-bond acceptors (Lipinski definition) is 4. The molecule has 0 aromatic heterocycles. The lowest BCUT2D eigenvalue weighted by Crippen LogP contribution is -2.40. The van der Waals surface area contributed by atoms with Gasteiger partial charge in [0.15, 0.2) is 0 Å². The molecule has 2 rings (SSSR count). The van der Waals surface area contributed by atoms with Gasteiger partial charge in [0.1, 0.15) is 5.75 Å². The fourth-order valence-corrected chi connectivity index (χ4v) is 3.18. The first-order valence-electron chi connectivity index (χ1n) is 7.44. The zero-order chi connectivity index (χ0) is 15.4. The number of amides is 1. The van der Waals surface area contributed by atoms with Gasteiger partial charge in [0.2, 0.25) is 5.91 Å². The number of hydrogen-bond donors (Lipinski definition) is 2. The molecule has 1 aliphatic rings. The average Bonchev–Trinajstić information content (AvgIpc) is 2.97. The minimum Gasteiger partial charge on any atom is -0.496 e. The van der Waals surface area contributed by atoms with Crippen LogP contribution >= 0.6 is 0 Å². The van der Waals surface area contributed by atoms with E-state index in [1.807, 2.05) is 23.1 Å². The maximum Gasteiger partial charge on any atom is 0.236 e. The summed E-state index contributed by atoms with van der Waals surface area (Å²) in [5.74, 6) is 0.274. The van der Waals surface area contributed by atoms with E-state index in [0.717, 1.165) is 31.4 Å². The third-order valence-corrected chi connectivity index (χ3v) is 4.08. The molecule has 21 heavy (non-hydrogen) atoms. The maximum absolute atomic E-state index is 11.5. The quantitative estimate of drug-likeness (QED) is 0.840. The van der Waals surface area contributed by atoms with Crippen LogP contribution in [0.5, 0.6) is 5.75 Å². The zero-order valence-corrected chi connectivity index (χ0v) is 12.7. The van der Waals surface area contributed by atoms with Crippen LogP contribution in [0.1, 0.15) is 44.3 Å². The summed E-state index contributed by atoms with van der Waals surface area (Å²) in [7, 11) is 1.58. The SMILES string of the molecule is COc1cccc(N(CC(N)=O)C2CCCC2)c1C(C)O. The number of benzene rings is 1. The lowest BCUT2D eigenvalue weighted by molar-refractivity contribution is -0.116. The standard InChI is InChI=1S/C16H24N2O3/c1-11(19)16-13(8-5-9-14(16)21-2)18(10-15(17)20)12-6-3-4-7-12/h5,8-9,11-12,19H,3-4,6-7,10H2,1-2H3,(H2,17,20). The van der Waals surface area contributed by atoms with Crippen molar-refractivity contribution in [2.75, 3.05) is 18.6 Å². The number of carbonyl (C=O) groups is 1. The van der Waals surface area contributed by atoms with E-state index in [2.05, 4.69) is 0 Å². The van der Waals surface area contributed by atoms with Gasteiger partial charge in [-0.25, -0.2) is 0 Å². The predicted molar refractivity (Wildman–Crippen MR) is 82.4 cm³/mol. The predicted octanol–water partition coefficient (Wildman–Crippen LogP) is 1.98. The Morgan fingerprint density at radius 3 is 2.67 bits per heavy atom. The minimum atomic E-state index is -0.673. The highest BCUT2D eigenvalue weighted by atomic mass is 16.5. The summed E-state index contributed by atoms with van der Waals surface area (Å²) < 4.78 is 5.36. The van der Waals surface area contributed by atoms with Gasteiger partial charge in [-0.3, -0.25) is 4.79 Å². The molecule has 5 heteroatoms. The third-order valence-electron chi connectivity index (χ3n) is 4.08. The first kappa shape index (κ1) is 15.6. The molecule has 3 N–H and O–H groups in total. The number of aliphatic hydroxyl groups is 1. The molecule has 1 aromatic rings. The van der Waals surface area contributed by atoms with E-state index in [1.54, 1.807) is 14.0 Å². The highest BCUT2D eigenvalue weighted by Gasteiger charge is 2.27. The van der Waals surface area contributed by atoms with Gasteiger partial charge in [-0.15, -0.1) is 0 Å². The molecule has 1 fully saturated rings. The van der Waals surface area contributed by atoms with E-state index >= 15 is 0 Å². The summed E-state index contributed by atoms with van der Waals surface area (Å²) in [4.78, 5) is 13.5. The Hall–Kier alpha value is -1.75. The van der Waals surface area contributed by atoms with Crippen LogP contribution in [0, 0.1) is 0 Å². The number of nitrogens with zero attached hydrogens (tertiary/aromatic N) is 1. The number of methoxy groups -OCH3 is 1. The molecule has 116 valence electrons. The Morgan fingerprint density at radius 1 is 1.48 bits per heavy atom. The number of primary amides is 1. The molecule has 0 radical (unpaired) electrons. The van der Waals surface area contributed by atoms with E-state index in [4.69, 9.17) is 10.5 Å². The molecule has 0 heterocycles. The van der Waals surface area contributed by atoms with Crippen molar-refractivity contribution in [2.45, 2.75) is 44.8 Å². The molecule has 1 aliphatic carbocycles. The second kappa shape index (κ2) is 6.80. The molecule has 5 nitrogen and oxygen atoms in total. The Labute approximate surface area is 125 Å². The van der Waals surface area contributed by atoms with Crippen LogP contribution in [-0.4, -0.2) is 30.7 Å². The normalized spacial score (nSPS) is 16.7. The number of rotatable bonds is 6. The van der Waals surface area contributed by atoms with Crippen molar-refractivity contribution in [1.82, 2.24) is 0 Å². The van der Waals surface area contributed by atoms with E-state index in [9.17, 15) is 9.90 Å². The second-order valence-electron chi connectivity index (χ2n) is 5.60. The van der Waals surface area contributed by atoms with E-state index in [0.29, 0.717) is 17.4 Å². The Bertz CT molecular complexity index is 496. The summed E-state index contributed by atoms with van der Waals surface area (Å²) >= 11 is 0. The van der Waals surface area contributed by atoms with Gasteiger partial charge in [0.05, 0.1) is 19.8 Å². The molecule has 1 aromatic carbocycles. The largest absolute Gasteiger partial charge is 0.496 e. The molecule has 1 atom stereocenters. The molecule has 0 aliphatic heterocycles. The zero-order valence-electron chi connectivity index (χ0n) is 12.7. The van der Waals surface area contributed by atoms with Gasteiger partial charge in [-0.1, -0.05) is 18.9 Å². The second-order valence-corrected chi connectivity index (χ2v) is 5.60. The maximum atomic E-state index is 11.5. The Balaban J connectivity index is 2.45. The first-order valence-corrected chi connectivity index (χ1v) is 7.44. The van der Waals surface area contributed by atoms with E-state index < -0.39 is 6.10 Å². The molecular weight excluding hydrogens is 268 g/mol. The van der Waals surface area contributed by atoms with Crippen molar-refractivity contribution in [1.29, 1.82) is 0 Å². The van der Waals surface area contributed by atoms with E-state index in [1.165, 1.54) is 0 Å². The smallest absolute Gasteiger partial charge is 0.236 e. The van der Waals surface area contributed by atoms with Crippen molar-refractivity contribution in [3.05, 3.63) is 23.8 Å². The van der Waals surface area contributed by atoms with Gasteiger partial charge in [-0.05, 0) is 31.9 Å². The van der Waals surface area contributed by atoms with Crippen LogP contribution in [0.15, 0.2) is 18.2 Å². The lowest BCUT2D eigenvalue weighted by atomic mass is 10.0. The van der Waals surface area contributed by atoms with Crippen LogP contribution in [-0.2, 0) is 4.79 Å². The highest BCUT2D eigenvalue weighted by molar-refractivity contribution is 5.80. The summed E-state index contributed by atoms with van der Waals surface area (Å²) in [6.45, 7) is 1.87. The number of anilines is 1. The topological polar surface area (TPSA) is 75.8 Å². The van der Waals surface area contributed by atoms with Crippen molar-refractivity contribution in [3.8, 4) is 5.75 Å². The van der Waals surface area contributed by atoms with Crippen molar-refractivity contribution < 1.29 is 14.6 Å². The van der Waals surface area contributed by atoms with Gasteiger partial charge in [0, 0.05) is 17.3 Å². The Kier molecular flexibility index (Phi) is 5.07. The van der Waals surface area contributed by atoms with Gasteiger partial charge in [0.25, 0.3) is 0 Å². The summed E-state index contributed by atoms with van der Waals surface area (Å²) in [6, 6.07) is 5.92. The van der Waals surface area contributed by atoms with Crippen LogP contribution < -0.4 is 15.4 Å². The van der Waals surface area contributed by atoms with Crippen LogP contribution in [0.25, 0.3) is 0 Å². The molecule has 1 amide bonds. The monoisotopic (exact) mass is 292 g/mol. The van der Waals surface area contributed by atoms with Crippen molar-refractivity contribution >= 4 is 11.6 Å². The molecular formula is C16H24N2O3. The lowest BCUT2D eigenvalue weighted by Gasteiger charge is -2.33. The third kappa shape index (κ3) is 3.47. The molecule has 0 bridgehead atoms. The summed E-state index contributed by atoms with van der Waals surface area (Å²) in [5.41, 5.74) is 6.98. The number of nitrogens with two attached hydrogens (primary N) is 1. The van der Waals surface area contributed by atoms with Gasteiger partial charge in [-0.2, -0.15) is 0 Å². The number of ether oxygens (including phenoxy) is 1. The Morgan fingerprint density at radius 2 is 2.14 bits per heavy atom. The first-order chi connectivity index (χ1) is 10.0. The molecule has 0 saturated heterocycles. The minimum absolute atomic E-state index is 0.164. The van der Waals surface area contributed by atoms with E-state index in [-0.39, 0.29) is 12.5 Å². The summed E-state index contributed by atoms with van der Waals surface area (Å²) in [5, 5.41) is 10.1. The van der Waals surface area contributed by atoms with Crippen LogP contribution in [0.4, 0.5) is 5.69 Å². The van der Waals surface area contributed by atoms with Crippen molar-refractivity contribution in [2.24, 2.45) is 5.73 Å². The molecule has 1 saturated carbocycles. The molecule has 0 spiro atoms. The number of aliphatic hydroxyl groups excluding tert-OH is 1. The molecule has 1 unspecified atom stereocenters. The fourth-order valence-electron chi connectivity index (χ4n) is 3.18. The van der Waals surface area contributed by atoms with Crippen LogP contribution in [0.2, 0.25) is 0 Å². The van der Waals surface area contributed by atoms with Crippen LogP contribution in [0.3, 0.4) is 0 Å². The highest BCUT2D eigenvalue weighted by Crippen LogP contribution is 2.37. The number of carbonyl (C=O) groups excluding carboxylic acids is 1. The summed E-state index contributed by atoms with van der Waals surface area (Å²) in [6.07, 6.45) is 3.74.